The van der Waals surface area contributed by atoms with Gasteiger partial charge in [0.25, 0.3) is 0 Å². The summed E-state index contributed by atoms with van der Waals surface area (Å²) in [6.45, 7) is 5.52. The lowest BCUT2D eigenvalue weighted by Crippen LogP contribution is -2.54. The molecule has 1 heterocycles. The normalized spacial score (nSPS) is 23.8. The number of benzene rings is 1. The van der Waals surface area contributed by atoms with E-state index in [1.54, 1.807) is 0 Å². The zero-order valence-electron chi connectivity index (χ0n) is 10.8. The first-order chi connectivity index (χ1) is 8.03. The van der Waals surface area contributed by atoms with Crippen LogP contribution in [0.25, 0.3) is 0 Å². The molecule has 2 nitrogen and oxygen atoms in total. The van der Waals surface area contributed by atoms with Gasteiger partial charge in [0.15, 0.2) is 0 Å². The van der Waals surface area contributed by atoms with E-state index in [1.165, 1.54) is 12.1 Å². The second kappa shape index (κ2) is 4.65. The van der Waals surface area contributed by atoms with Gasteiger partial charge in [-0.1, -0.05) is 0 Å². The highest BCUT2D eigenvalue weighted by Gasteiger charge is 2.34. The lowest BCUT2D eigenvalue weighted by molar-refractivity contribution is 0.301. The minimum absolute atomic E-state index is 0.115. The molecule has 1 aromatic rings. The minimum atomic E-state index is -0.170. The average molecular weight is 236 g/mol. The van der Waals surface area contributed by atoms with Crippen LogP contribution in [0, 0.1) is 5.82 Å². The molecule has 1 aromatic carbocycles. The third kappa shape index (κ3) is 2.60. The molecule has 1 fully saturated rings. The highest BCUT2D eigenvalue weighted by Crippen LogP contribution is 2.32. The SMILES string of the molecule is CNC1CCN(c2ccc(F)cc2)C(C)(C)C1. The predicted molar refractivity (Wildman–Crippen MR) is 69.9 cm³/mol. The van der Waals surface area contributed by atoms with Crippen LogP contribution in [0.15, 0.2) is 24.3 Å². The van der Waals surface area contributed by atoms with Crippen LogP contribution < -0.4 is 10.2 Å². The van der Waals surface area contributed by atoms with Crippen molar-refractivity contribution in [3.8, 4) is 0 Å². The number of anilines is 1. The maximum Gasteiger partial charge on any atom is 0.123 e. The zero-order valence-corrected chi connectivity index (χ0v) is 10.8. The van der Waals surface area contributed by atoms with Crippen LogP contribution >= 0.6 is 0 Å². The van der Waals surface area contributed by atoms with Crippen molar-refractivity contribution >= 4 is 5.69 Å². The van der Waals surface area contributed by atoms with Crippen LogP contribution in [-0.2, 0) is 0 Å². The van der Waals surface area contributed by atoms with Gasteiger partial charge in [-0.05, 0) is 58.0 Å². The van der Waals surface area contributed by atoms with E-state index in [9.17, 15) is 4.39 Å². The van der Waals surface area contributed by atoms with Crippen molar-refractivity contribution in [1.29, 1.82) is 0 Å². The second-order valence-corrected chi connectivity index (χ2v) is 5.42. The van der Waals surface area contributed by atoms with E-state index < -0.39 is 0 Å². The van der Waals surface area contributed by atoms with E-state index in [1.807, 2.05) is 19.2 Å². The van der Waals surface area contributed by atoms with Crippen molar-refractivity contribution in [2.45, 2.75) is 38.3 Å². The van der Waals surface area contributed by atoms with Crippen molar-refractivity contribution in [2.24, 2.45) is 0 Å². The summed E-state index contributed by atoms with van der Waals surface area (Å²) < 4.78 is 12.9. The van der Waals surface area contributed by atoms with Gasteiger partial charge in [0.1, 0.15) is 5.82 Å². The molecular formula is C14H21FN2. The van der Waals surface area contributed by atoms with Crippen LogP contribution in [0.3, 0.4) is 0 Å². The molecule has 1 N–H and O–H groups in total. The van der Waals surface area contributed by atoms with Crippen LogP contribution in [0.1, 0.15) is 26.7 Å². The van der Waals surface area contributed by atoms with Gasteiger partial charge in [0.05, 0.1) is 0 Å². The predicted octanol–water partition coefficient (Wildman–Crippen LogP) is 2.79. The zero-order chi connectivity index (χ0) is 12.5. The second-order valence-electron chi connectivity index (χ2n) is 5.42. The van der Waals surface area contributed by atoms with Crippen LogP contribution in [0.4, 0.5) is 10.1 Å². The third-order valence-corrected chi connectivity index (χ3v) is 3.72. The van der Waals surface area contributed by atoms with Crippen LogP contribution in [0.2, 0.25) is 0 Å². The van der Waals surface area contributed by atoms with Crippen molar-refractivity contribution < 1.29 is 4.39 Å². The largest absolute Gasteiger partial charge is 0.366 e. The Morgan fingerprint density at radius 3 is 2.47 bits per heavy atom. The molecule has 0 spiro atoms. The summed E-state index contributed by atoms with van der Waals surface area (Å²) in [6.07, 6.45) is 2.25. The molecular weight excluding hydrogens is 215 g/mol. The Morgan fingerprint density at radius 2 is 1.94 bits per heavy atom. The molecule has 0 radical (unpaired) electrons. The molecule has 1 saturated heterocycles. The molecule has 3 heteroatoms. The number of hydrogen-bond donors (Lipinski definition) is 1. The van der Waals surface area contributed by atoms with Gasteiger partial charge in [-0.25, -0.2) is 4.39 Å². The third-order valence-electron chi connectivity index (χ3n) is 3.72. The van der Waals surface area contributed by atoms with Crippen molar-refractivity contribution in [3.05, 3.63) is 30.1 Å². The lowest BCUT2D eigenvalue weighted by Gasteiger charge is -2.47. The molecule has 1 unspecified atom stereocenters. The summed E-state index contributed by atoms with van der Waals surface area (Å²) in [6, 6.07) is 7.40. The molecule has 0 bridgehead atoms. The number of hydrogen-bond acceptors (Lipinski definition) is 2. The van der Waals surface area contributed by atoms with Crippen molar-refractivity contribution in [3.63, 3.8) is 0 Å². The number of nitrogens with zero attached hydrogens (tertiary/aromatic N) is 1. The molecule has 2 rings (SSSR count). The maximum absolute atomic E-state index is 12.9. The van der Waals surface area contributed by atoms with Gasteiger partial charge in [-0.15, -0.1) is 0 Å². The van der Waals surface area contributed by atoms with Gasteiger partial charge in [-0.2, -0.15) is 0 Å². The fraction of sp³-hybridized carbons (Fsp3) is 0.571. The fourth-order valence-corrected chi connectivity index (χ4v) is 2.75. The van der Waals surface area contributed by atoms with E-state index in [0.29, 0.717) is 6.04 Å². The quantitative estimate of drug-likeness (QED) is 0.849. The first-order valence-electron chi connectivity index (χ1n) is 6.23. The summed E-state index contributed by atoms with van der Waals surface area (Å²) in [5.41, 5.74) is 1.23. The van der Waals surface area contributed by atoms with E-state index in [0.717, 1.165) is 25.1 Å². The Bertz CT molecular complexity index is 372. The smallest absolute Gasteiger partial charge is 0.123 e. The topological polar surface area (TPSA) is 15.3 Å². The molecule has 0 amide bonds. The highest BCUT2D eigenvalue weighted by atomic mass is 19.1. The Labute approximate surface area is 103 Å². The average Bonchev–Trinajstić information content (AvgIpc) is 2.29. The summed E-state index contributed by atoms with van der Waals surface area (Å²) in [5, 5.41) is 3.35. The van der Waals surface area contributed by atoms with E-state index in [2.05, 4.69) is 24.1 Å². The van der Waals surface area contributed by atoms with Gasteiger partial charge < -0.3 is 10.2 Å². The van der Waals surface area contributed by atoms with Crippen LogP contribution in [-0.4, -0.2) is 25.2 Å². The standard InChI is InChI=1S/C14H21FN2/c1-14(2)10-12(16-3)8-9-17(14)13-6-4-11(15)5-7-13/h4-7,12,16H,8-10H2,1-3H3. The molecule has 1 aliphatic heterocycles. The Hall–Kier alpha value is -1.09. The Balaban J connectivity index is 2.18. The van der Waals surface area contributed by atoms with E-state index in [-0.39, 0.29) is 11.4 Å². The molecule has 17 heavy (non-hydrogen) atoms. The molecule has 0 aromatic heterocycles. The van der Waals surface area contributed by atoms with Gasteiger partial charge in [0, 0.05) is 23.8 Å². The molecule has 1 aliphatic rings. The molecule has 0 saturated carbocycles. The highest BCUT2D eigenvalue weighted by molar-refractivity contribution is 5.49. The number of rotatable bonds is 2. The summed E-state index contributed by atoms with van der Waals surface area (Å²) in [4.78, 5) is 2.38. The lowest BCUT2D eigenvalue weighted by atomic mass is 9.86. The monoisotopic (exact) mass is 236 g/mol. The van der Waals surface area contributed by atoms with E-state index >= 15 is 0 Å². The summed E-state index contributed by atoms with van der Waals surface area (Å²) >= 11 is 0. The van der Waals surface area contributed by atoms with Gasteiger partial charge in [0.2, 0.25) is 0 Å². The first kappa shape index (κ1) is 12.4. The number of halogens is 1. The Kier molecular flexibility index (Phi) is 3.38. The fourth-order valence-electron chi connectivity index (χ4n) is 2.75. The number of nitrogens with one attached hydrogen (secondary N) is 1. The molecule has 0 aliphatic carbocycles. The van der Waals surface area contributed by atoms with Gasteiger partial charge >= 0.3 is 0 Å². The maximum atomic E-state index is 12.9. The molecule has 94 valence electrons. The molecule has 1 atom stereocenters. The number of piperidine rings is 1. The summed E-state index contributed by atoms with van der Waals surface area (Å²) in [7, 11) is 2.02. The first-order valence-corrected chi connectivity index (χ1v) is 6.23. The van der Waals surface area contributed by atoms with Gasteiger partial charge in [-0.3, -0.25) is 0 Å². The van der Waals surface area contributed by atoms with Crippen LogP contribution in [0.5, 0.6) is 0 Å². The summed E-state index contributed by atoms with van der Waals surface area (Å²) in [5.74, 6) is -0.170. The van der Waals surface area contributed by atoms with Crippen molar-refractivity contribution in [2.75, 3.05) is 18.5 Å². The van der Waals surface area contributed by atoms with E-state index in [4.69, 9.17) is 0 Å². The van der Waals surface area contributed by atoms with Crippen molar-refractivity contribution in [1.82, 2.24) is 5.32 Å². The Morgan fingerprint density at radius 1 is 1.29 bits per heavy atom. The minimum Gasteiger partial charge on any atom is -0.366 e.